The zero-order valence-electron chi connectivity index (χ0n) is 8.78. The number of pyridine rings is 2. The van der Waals surface area contributed by atoms with E-state index in [1.807, 2.05) is 25.3 Å². The summed E-state index contributed by atoms with van der Waals surface area (Å²) in [5.41, 5.74) is 4.36. The lowest BCUT2D eigenvalue weighted by Crippen LogP contribution is -1.94. The molecule has 0 unspecified atom stereocenters. The van der Waals surface area contributed by atoms with Gasteiger partial charge in [-0.25, -0.2) is 0 Å². The summed E-state index contributed by atoms with van der Waals surface area (Å²) in [7, 11) is 0. The SMILES string of the molecule is Cc1ccc2nccc(C(C)C)c2n1. The Morgan fingerprint density at radius 3 is 2.64 bits per heavy atom. The molecule has 0 saturated heterocycles. The minimum atomic E-state index is 0.495. The summed E-state index contributed by atoms with van der Waals surface area (Å²) in [6, 6.07) is 6.09. The van der Waals surface area contributed by atoms with E-state index in [1.54, 1.807) is 0 Å². The first kappa shape index (κ1) is 9.13. The zero-order chi connectivity index (χ0) is 10.1. The van der Waals surface area contributed by atoms with E-state index in [1.165, 1.54) is 5.56 Å². The van der Waals surface area contributed by atoms with Crippen LogP contribution in [0, 0.1) is 6.92 Å². The number of fused-ring (bicyclic) bond motifs is 1. The van der Waals surface area contributed by atoms with Gasteiger partial charge in [-0.3, -0.25) is 9.97 Å². The van der Waals surface area contributed by atoms with E-state index >= 15 is 0 Å². The summed E-state index contributed by atoms with van der Waals surface area (Å²) in [6.45, 7) is 6.37. The lowest BCUT2D eigenvalue weighted by atomic mass is 10.0. The van der Waals surface area contributed by atoms with Crippen molar-refractivity contribution in [3.05, 3.63) is 35.7 Å². The third-order valence-electron chi connectivity index (χ3n) is 2.38. The predicted octanol–water partition coefficient (Wildman–Crippen LogP) is 3.06. The Labute approximate surface area is 84.0 Å². The largest absolute Gasteiger partial charge is 0.255 e. The second kappa shape index (κ2) is 3.37. The molecule has 0 N–H and O–H groups in total. The van der Waals surface area contributed by atoms with Gasteiger partial charge in [-0.15, -0.1) is 0 Å². The minimum Gasteiger partial charge on any atom is -0.255 e. The smallest absolute Gasteiger partial charge is 0.0924 e. The molecule has 0 fully saturated rings. The first-order valence-corrected chi connectivity index (χ1v) is 4.91. The summed E-state index contributed by atoms with van der Waals surface area (Å²) < 4.78 is 0. The number of aromatic nitrogens is 2. The van der Waals surface area contributed by atoms with Gasteiger partial charge in [0, 0.05) is 11.9 Å². The third-order valence-corrected chi connectivity index (χ3v) is 2.38. The van der Waals surface area contributed by atoms with Crippen molar-refractivity contribution in [2.45, 2.75) is 26.7 Å². The van der Waals surface area contributed by atoms with Crippen LogP contribution in [0.5, 0.6) is 0 Å². The Balaban J connectivity index is 2.77. The molecule has 2 rings (SSSR count). The molecule has 2 nitrogen and oxygen atoms in total. The predicted molar refractivity (Wildman–Crippen MR) is 58.4 cm³/mol. The Morgan fingerprint density at radius 2 is 1.93 bits per heavy atom. The van der Waals surface area contributed by atoms with Crippen molar-refractivity contribution in [3.63, 3.8) is 0 Å². The van der Waals surface area contributed by atoms with Crippen molar-refractivity contribution in [1.82, 2.24) is 9.97 Å². The Hall–Kier alpha value is -1.44. The van der Waals surface area contributed by atoms with E-state index in [0.717, 1.165) is 16.7 Å². The molecule has 0 aliphatic rings. The maximum absolute atomic E-state index is 4.53. The van der Waals surface area contributed by atoms with E-state index in [-0.39, 0.29) is 0 Å². The van der Waals surface area contributed by atoms with Crippen molar-refractivity contribution in [1.29, 1.82) is 0 Å². The summed E-state index contributed by atoms with van der Waals surface area (Å²) in [4.78, 5) is 8.84. The van der Waals surface area contributed by atoms with Crippen LogP contribution < -0.4 is 0 Å². The van der Waals surface area contributed by atoms with Gasteiger partial charge < -0.3 is 0 Å². The molecule has 0 amide bonds. The van der Waals surface area contributed by atoms with Gasteiger partial charge in [0.05, 0.1) is 11.0 Å². The van der Waals surface area contributed by atoms with Crippen LogP contribution in [0.1, 0.15) is 31.0 Å². The molecule has 2 aromatic heterocycles. The molecule has 0 bridgehead atoms. The molecule has 0 aromatic carbocycles. The van der Waals surface area contributed by atoms with Crippen LogP contribution in [0.2, 0.25) is 0 Å². The molecular formula is C12H14N2. The molecule has 0 aliphatic carbocycles. The molecule has 2 heteroatoms. The number of hydrogen-bond acceptors (Lipinski definition) is 2. The molecule has 2 heterocycles. The van der Waals surface area contributed by atoms with Gasteiger partial charge in [0.2, 0.25) is 0 Å². The van der Waals surface area contributed by atoms with Crippen molar-refractivity contribution in [2.24, 2.45) is 0 Å². The molecule has 72 valence electrons. The Bertz CT molecular complexity index is 461. The molecular weight excluding hydrogens is 172 g/mol. The van der Waals surface area contributed by atoms with Crippen LogP contribution in [0.4, 0.5) is 0 Å². The average molecular weight is 186 g/mol. The van der Waals surface area contributed by atoms with Gasteiger partial charge in [0.25, 0.3) is 0 Å². The summed E-state index contributed by atoms with van der Waals surface area (Å²) in [6.07, 6.45) is 1.86. The van der Waals surface area contributed by atoms with E-state index in [9.17, 15) is 0 Å². The van der Waals surface area contributed by atoms with Gasteiger partial charge in [-0.2, -0.15) is 0 Å². The molecule has 0 saturated carbocycles. The number of nitrogens with zero attached hydrogens (tertiary/aromatic N) is 2. The zero-order valence-corrected chi connectivity index (χ0v) is 8.78. The lowest BCUT2D eigenvalue weighted by Gasteiger charge is -2.08. The van der Waals surface area contributed by atoms with Crippen LogP contribution in [-0.4, -0.2) is 9.97 Å². The monoisotopic (exact) mass is 186 g/mol. The first-order valence-electron chi connectivity index (χ1n) is 4.91. The van der Waals surface area contributed by atoms with Gasteiger partial charge in [0.1, 0.15) is 0 Å². The van der Waals surface area contributed by atoms with Crippen molar-refractivity contribution < 1.29 is 0 Å². The van der Waals surface area contributed by atoms with Crippen LogP contribution in [0.15, 0.2) is 24.4 Å². The normalized spacial score (nSPS) is 11.1. The Kier molecular flexibility index (Phi) is 2.20. The fourth-order valence-corrected chi connectivity index (χ4v) is 1.61. The number of hydrogen-bond donors (Lipinski definition) is 0. The highest BCUT2D eigenvalue weighted by atomic mass is 14.8. The van der Waals surface area contributed by atoms with Gasteiger partial charge >= 0.3 is 0 Å². The highest BCUT2D eigenvalue weighted by Gasteiger charge is 2.06. The fraction of sp³-hybridized carbons (Fsp3) is 0.333. The van der Waals surface area contributed by atoms with E-state index < -0.39 is 0 Å². The van der Waals surface area contributed by atoms with E-state index in [4.69, 9.17) is 0 Å². The third kappa shape index (κ3) is 1.48. The highest BCUT2D eigenvalue weighted by Crippen LogP contribution is 2.21. The minimum absolute atomic E-state index is 0.495. The van der Waals surface area contributed by atoms with E-state index in [2.05, 4.69) is 29.9 Å². The summed E-state index contributed by atoms with van der Waals surface area (Å²) in [5, 5.41) is 0. The van der Waals surface area contributed by atoms with E-state index in [0.29, 0.717) is 5.92 Å². The van der Waals surface area contributed by atoms with Crippen molar-refractivity contribution in [2.75, 3.05) is 0 Å². The van der Waals surface area contributed by atoms with Crippen LogP contribution in [-0.2, 0) is 0 Å². The second-order valence-electron chi connectivity index (χ2n) is 3.88. The average Bonchev–Trinajstić information content (AvgIpc) is 2.16. The van der Waals surface area contributed by atoms with Crippen LogP contribution in [0.25, 0.3) is 11.0 Å². The number of rotatable bonds is 1. The standard InChI is InChI=1S/C12H14N2/c1-8(2)10-6-7-13-11-5-4-9(3)14-12(10)11/h4-8H,1-3H3. The Morgan fingerprint density at radius 1 is 1.14 bits per heavy atom. The molecule has 0 atom stereocenters. The van der Waals surface area contributed by atoms with Gasteiger partial charge in [-0.05, 0) is 36.6 Å². The molecule has 0 aliphatic heterocycles. The summed E-state index contributed by atoms with van der Waals surface area (Å²) in [5.74, 6) is 0.495. The highest BCUT2D eigenvalue weighted by molar-refractivity contribution is 5.78. The fourth-order valence-electron chi connectivity index (χ4n) is 1.61. The molecule has 0 spiro atoms. The second-order valence-corrected chi connectivity index (χ2v) is 3.88. The molecule has 2 aromatic rings. The van der Waals surface area contributed by atoms with Crippen LogP contribution >= 0.6 is 0 Å². The van der Waals surface area contributed by atoms with Crippen molar-refractivity contribution in [3.8, 4) is 0 Å². The van der Waals surface area contributed by atoms with Crippen LogP contribution in [0.3, 0.4) is 0 Å². The van der Waals surface area contributed by atoms with Gasteiger partial charge in [-0.1, -0.05) is 13.8 Å². The van der Waals surface area contributed by atoms with Gasteiger partial charge in [0.15, 0.2) is 0 Å². The maximum Gasteiger partial charge on any atom is 0.0924 e. The first-order chi connectivity index (χ1) is 6.68. The number of aryl methyl sites for hydroxylation is 1. The quantitative estimate of drug-likeness (QED) is 0.684. The lowest BCUT2D eigenvalue weighted by molar-refractivity contribution is 0.869. The van der Waals surface area contributed by atoms with Crippen molar-refractivity contribution >= 4 is 11.0 Å². The maximum atomic E-state index is 4.53. The molecule has 14 heavy (non-hydrogen) atoms. The topological polar surface area (TPSA) is 25.8 Å². The summed E-state index contributed by atoms with van der Waals surface area (Å²) >= 11 is 0. The molecule has 0 radical (unpaired) electrons.